The molecule has 2 heterocycles. The minimum absolute atomic E-state index is 0.0866. The van der Waals surface area contributed by atoms with Crippen molar-refractivity contribution in [2.75, 3.05) is 19.3 Å². The van der Waals surface area contributed by atoms with Crippen molar-refractivity contribution in [1.29, 1.82) is 0 Å². The number of carboxylic acid groups (broad SMARTS) is 1. The molecule has 0 bridgehead atoms. The number of β-amino-alcohol motifs (C(OH)–C–C–N with tert-alkyl or cyclic N) is 1. The molecule has 2 unspecified atom stereocenters. The SMILES string of the molecule is CSc1ncc(C2CCN(C(=O)O)CC2O)cn1. The predicted octanol–water partition coefficient (Wildman–Crippen LogP) is 1.03. The highest BCUT2D eigenvalue weighted by molar-refractivity contribution is 7.98. The second-order valence-electron chi connectivity index (χ2n) is 4.19. The van der Waals surface area contributed by atoms with E-state index in [2.05, 4.69) is 9.97 Å². The summed E-state index contributed by atoms with van der Waals surface area (Å²) in [4.78, 5) is 20.4. The van der Waals surface area contributed by atoms with Gasteiger partial charge in [0.25, 0.3) is 0 Å². The Morgan fingerprint density at radius 3 is 2.67 bits per heavy atom. The van der Waals surface area contributed by atoms with Gasteiger partial charge in [0.2, 0.25) is 0 Å². The number of amides is 1. The Morgan fingerprint density at radius 1 is 1.50 bits per heavy atom. The number of likely N-dealkylation sites (tertiary alicyclic amines) is 1. The number of aliphatic hydroxyl groups excluding tert-OH is 1. The van der Waals surface area contributed by atoms with Crippen LogP contribution in [0.15, 0.2) is 17.6 Å². The van der Waals surface area contributed by atoms with Crippen LogP contribution in [-0.2, 0) is 0 Å². The average Bonchev–Trinajstić information content (AvgIpc) is 2.38. The van der Waals surface area contributed by atoms with Crippen LogP contribution in [0.5, 0.6) is 0 Å². The van der Waals surface area contributed by atoms with Crippen LogP contribution in [-0.4, -0.2) is 56.6 Å². The minimum atomic E-state index is -0.985. The van der Waals surface area contributed by atoms with Gasteiger partial charge >= 0.3 is 6.09 Å². The van der Waals surface area contributed by atoms with Gasteiger partial charge in [-0.3, -0.25) is 0 Å². The summed E-state index contributed by atoms with van der Waals surface area (Å²) in [6.07, 6.45) is 4.23. The lowest BCUT2D eigenvalue weighted by atomic mass is 9.89. The van der Waals surface area contributed by atoms with E-state index in [9.17, 15) is 9.90 Å². The van der Waals surface area contributed by atoms with Crippen LogP contribution >= 0.6 is 11.8 Å². The number of aliphatic hydroxyl groups is 1. The van der Waals surface area contributed by atoms with Crippen LogP contribution in [0.2, 0.25) is 0 Å². The Morgan fingerprint density at radius 2 is 2.17 bits per heavy atom. The standard InChI is InChI=1S/C11H15N3O3S/c1-18-10-12-4-7(5-13-10)8-2-3-14(11(16)17)6-9(8)15/h4-5,8-9,15H,2-3,6H2,1H3,(H,16,17). The van der Waals surface area contributed by atoms with Gasteiger partial charge in [0.1, 0.15) is 0 Å². The summed E-state index contributed by atoms with van der Waals surface area (Å²) in [6.45, 7) is 0.575. The van der Waals surface area contributed by atoms with Gasteiger partial charge < -0.3 is 15.1 Å². The fraction of sp³-hybridized carbons (Fsp3) is 0.545. The summed E-state index contributed by atoms with van der Waals surface area (Å²) in [5, 5.41) is 19.6. The number of piperidine rings is 1. The highest BCUT2D eigenvalue weighted by Crippen LogP contribution is 2.28. The first-order valence-electron chi connectivity index (χ1n) is 5.63. The third kappa shape index (κ3) is 2.73. The smallest absolute Gasteiger partial charge is 0.407 e. The lowest BCUT2D eigenvalue weighted by Crippen LogP contribution is -2.45. The monoisotopic (exact) mass is 269 g/mol. The van der Waals surface area contributed by atoms with E-state index in [-0.39, 0.29) is 12.5 Å². The van der Waals surface area contributed by atoms with Crippen molar-refractivity contribution in [2.24, 2.45) is 0 Å². The average molecular weight is 269 g/mol. The number of carbonyl (C=O) groups is 1. The zero-order valence-corrected chi connectivity index (χ0v) is 10.8. The number of aromatic nitrogens is 2. The van der Waals surface area contributed by atoms with E-state index < -0.39 is 12.2 Å². The third-order valence-corrected chi connectivity index (χ3v) is 3.69. The molecule has 2 rings (SSSR count). The van der Waals surface area contributed by atoms with Crippen molar-refractivity contribution in [2.45, 2.75) is 23.6 Å². The predicted molar refractivity (Wildman–Crippen MR) is 66.8 cm³/mol. The molecular weight excluding hydrogens is 254 g/mol. The number of thioether (sulfide) groups is 1. The summed E-state index contributed by atoms with van der Waals surface area (Å²) in [7, 11) is 0. The molecule has 0 aromatic carbocycles. The molecule has 2 atom stereocenters. The van der Waals surface area contributed by atoms with Crippen molar-refractivity contribution in [3.05, 3.63) is 18.0 Å². The van der Waals surface area contributed by atoms with Crippen LogP contribution in [0.3, 0.4) is 0 Å². The van der Waals surface area contributed by atoms with Gasteiger partial charge in [-0.15, -0.1) is 0 Å². The van der Waals surface area contributed by atoms with Gasteiger partial charge in [0.15, 0.2) is 5.16 Å². The molecule has 0 radical (unpaired) electrons. The highest BCUT2D eigenvalue weighted by Gasteiger charge is 2.31. The molecule has 7 heteroatoms. The highest BCUT2D eigenvalue weighted by atomic mass is 32.2. The van der Waals surface area contributed by atoms with Gasteiger partial charge in [-0.25, -0.2) is 14.8 Å². The topological polar surface area (TPSA) is 86.6 Å². The molecule has 1 amide bonds. The molecule has 2 N–H and O–H groups in total. The first-order valence-corrected chi connectivity index (χ1v) is 6.86. The van der Waals surface area contributed by atoms with E-state index in [1.165, 1.54) is 16.7 Å². The van der Waals surface area contributed by atoms with E-state index in [0.29, 0.717) is 18.1 Å². The molecule has 1 aliphatic rings. The Balaban J connectivity index is 2.07. The summed E-state index contributed by atoms with van der Waals surface area (Å²) in [5.41, 5.74) is 0.866. The maximum atomic E-state index is 10.8. The summed E-state index contributed by atoms with van der Waals surface area (Å²) >= 11 is 1.46. The van der Waals surface area contributed by atoms with Gasteiger partial charge in [-0.05, 0) is 18.2 Å². The maximum Gasteiger partial charge on any atom is 0.407 e. The number of rotatable bonds is 2. The summed E-state index contributed by atoms with van der Waals surface area (Å²) < 4.78 is 0. The van der Waals surface area contributed by atoms with Gasteiger partial charge in [-0.2, -0.15) is 0 Å². The maximum absolute atomic E-state index is 10.8. The van der Waals surface area contributed by atoms with Crippen LogP contribution < -0.4 is 0 Å². The van der Waals surface area contributed by atoms with Crippen LogP contribution in [0.1, 0.15) is 17.9 Å². The van der Waals surface area contributed by atoms with Crippen LogP contribution in [0.4, 0.5) is 4.79 Å². The fourth-order valence-corrected chi connectivity index (χ4v) is 2.43. The number of nitrogens with zero attached hydrogens (tertiary/aromatic N) is 3. The van der Waals surface area contributed by atoms with E-state index in [1.54, 1.807) is 12.4 Å². The second kappa shape index (κ2) is 5.53. The van der Waals surface area contributed by atoms with E-state index >= 15 is 0 Å². The largest absolute Gasteiger partial charge is 0.465 e. The quantitative estimate of drug-likeness (QED) is 0.616. The summed E-state index contributed by atoms with van der Waals surface area (Å²) in [6, 6.07) is 0. The van der Waals surface area contributed by atoms with Crippen LogP contribution in [0.25, 0.3) is 0 Å². The first-order chi connectivity index (χ1) is 8.61. The number of hydrogen-bond donors (Lipinski definition) is 2. The Bertz CT molecular complexity index is 426. The molecule has 1 saturated heterocycles. The van der Waals surface area contributed by atoms with Crippen molar-refractivity contribution in [3.63, 3.8) is 0 Å². The molecular formula is C11H15N3O3S. The second-order valence-corrected chi connectivity index (χ2v) is 4.97. The molecule has 6 nitrogen and oxygen atoms in total. The Hall–Kier alpha value is -1.34. The Kier molecular flexibility index (Phi) is 4.03. The Labute approximate surface area is 109 Å². The molecule has 0 aliphatic carbocycles. The zero-order valence-electron chi connectivity index (χ0n) is 9.98. The van der Waals surface area contributed by atoms with Crippen molar-refractivity contribution < 1.29 is 15.0 Å². The molecule has 1 fully saturated rings. The lowest BCUT2D eigenvalue weighted by molar-refractivity contribution is 0.0502. The fourth-order valence-electron chi connectivity index (χ4n) is 2.12. The molecule has 1 aromatic heterocycles. The molecule has 98 valence electrons. The van der Waals surface area contributed by atoms with Gasteiger partial charge in [0.05, 0.1) is 12.6 Å². The van der Waals surface area contributed by atoms with Crippen LogP contribution in [0, 0.1) is 0 Å². The number of hydrogen-bond acceptors (Lipinski definition) is 5. The molecule has 1 aromatic rings. The molecule has 0 spiro atoms. The third-order valence-electron chi connectivity index (χ3n) is 3.11. The van der Waals surface area contributed by atoms with Crippen molar-refractivity contribution in [1.82, 2.24) is 14.9 Å². The van der Waals surface area contributed by atoms with E-state index in [1.807, 2.05) is 6.26 Å². The van der Waals surface area contributed by atoms with E-state index in [0.717, 1.165) is 5.56 Å². The first kappa shape index (κ1) is 13.1. The van der Waals surface area contributed by atoms with E-state index in [4.69, 9.17) is 5.11 Å². The van der Waals surface area contributed by atoms with Gasteiger partial charge in [0, 0.05) is 24.9 Å². The molecule has 1 aliphatic heterocycles. The molecule has 18 heavy (non-hydrogen) atoms. The summed E-state index contributed by atoms with van der Waals surface area (Å²) in [5.74, 6) is -0.0866. The normalized spacial score (nSPS) is 24.0. The molecule has 0 saturated carbocycles. The zero-order chi connectivity index (χ0) is 13.1. The van der Waals surface area contributed by atoms with Crippen molar-refractivity contribution in [3.8, 4) is 0 Å². The van der Waals surface area contributed by atoms with Crippen molar-refractivity contribution >= 4 is 17.9 Å². The van der Waals surface area contributed by atoms with Gasteiger partial charge in [-0.1, -0.05) is 11.8 Å². The lowest BCUT2D eigenvalue weighted by Gasteiger charge is -2.34. The minimum Gasteiger partial charge on any atom is -0.465 e.